The highest BCUT2D eigenvalue weighted by Gasteiger charge is 2.24. The number of amides is 1. The van der Waals surface area contributed by atoms with Crippen LogP contribution in [0.15, 0.2) is 36.9 Å². The van der Waals surface area contributed by atoms with Crippen LogP contribution < -0.4 is 0 Å². The Morgan fingerprint density at radius 1 is 1.32 bits per heavy atom. The Labute approximate surface area is 146 Å². The number of aromatic nitrogens is 3. The number of aromatic carboxylic acids is 1. The zero-order valence-electron chi connectivity index (χ0n) is 14.0. The third-order valence-corrected chi connectivity index (χ3v) is 4.62. The summed E-state index contributed by atoms with van der Waals surface area (Å²) in [7, 11) is 0. The molecule has 7 heteroatoms. The van der Waals surface area contributed by atoms with Gasteiger partial charge in [0.1, 0.15) is 12.7 Å². The van der Waals surface area contributed by atoms with Crippen molar-refractivity contribution in [3.05, 3.63) is 48.0 Å². The number of carbonyl (C=O) groups excluding carboxylic acids is 1. The number of piperidine rings is 1. The minimum Gasteiger partial charge on any atom is -0.478 e. The first kappa shape index (κ1) is 17.1. The second kappa shape index (κ2) is 7.92. The van der Waals surface area contributed by atoms with E-state index in [4.69, 9.17) is 5.11 Å². The summed E-state index contributed by atoms with van der Waals surface area (Å²) in [5.41, 5.74) is 1.30. The summed E-state index contributed by atoms with van der Waals surface area (Å²) in [5, 5.41) is 13.2. The van der Waals surface area contributed by atoms with E-state index in [2.05, 4.69) is 10.1 Å². The van der Waals surface area contributed by atoms with Crippen LogP contribution in [0.2, 0.25) is 0 Å². The van der Waals surface area contributed by atoms with Crippen LogP contribution in [-0.4, -0.2) is 49.7 Å². The van der Waals surface area contributed by atoms with Crippen molar-refractivity contribution in [2.45, 2.75) is 38.1 Å². The van der Waals surface area contributed by atoms with Crippen molar-refractivity contribution < 1.29 is 14.7 Å². The minimum atomic E-state index is -0.918. The van der Waals surface area contributed by atoms with Crippen molar-refractivity contribution in [2.24, 2.45) is 0 Å². The van der Waals surface area contributed by atoms with E-state index in [1.165, 1.54) is 6.33 Å². The van der Waals surface area contributed by atoms with Gasteiger partial charge in [0, 0.05) is 32.0 Å². The van der Waals surface area contributed by atoms with Crippen molar-refractivity contribution in [3.8, 4) is 0 Å². The fraction of sp³-hybridized carbons (Fsp3) is 0.444. The van der Waals surface area contributed by atoms with E-state index in [0.717, 1.165) is 31.4 Å². The van der Waals surface area contributed by atoms with Gasteiger partial charge in [-0.2, -0.15) is 5.10 Å². The van der Waals surface area contributed by atoms with Gasteiger partial charge in [0.05, 0.1) is 5.56 Å². The van der Waals surface area contributed by atoms with Crippen LogP contribution in [0.3, 0.4) is 0 Å². The largest absolute Gasteiger partial charge is 0.478 e. The summed E-state index contributed by atoms with van der Waals surface area (Å²) < 4.78 is 1.73. The number of benzene rings is 1. The molecule has 132 valence electrons. The fourth-order valence-electron chi connectivity index (χ4n) is 3.30. The zero-order chi connectivity index (χ0) is 17.6. The van der Waals surface area contributed by atoms with E-state index in [-0.39, 0.29) is 11.8 Å². The SMILES string of the molecule is O=C(O)c1cccc([C@@H]2CCCN(C(=O)CCCn3cncn3)C2)c1. The number of aryl methyl sites for hydroxylation is 1. The third kappa shape index (κ3) is 4.43. The van der Waals surface area contributed by atoms with Crippen molar-refractivity contribution in [1.82, 2.24) is 19.7 Å². The molecule has 2 aromatic rings. The molecule has 0 aliphatic carbocycles. The first-order chi connectivity index (χ1) is 12.1. The Kier molecular flexibility index (Phi) is 5.42. The normalized spacial score (nSPS) is 17.4. The van der Waals surface area contributed by atoms with Crippen molar-refractivity contribution in [2.75, 3.05) is 13.1 Å². The van der Waals surface area contributed by atoms with E-state index in [0.29, 0.717) is 25.1 Å². The smallest absolute Gasteiger partial charge is 0.335 e. The number of nitrogens with zero attached hydrogens (tertiary/aromatic N) is 4. The maximum absolute atomic E-state index is 12.5. The standard InChI is InChI=1S/C18H22N4O3/c23-17(7-3-9-22-13-19-12-20-22)21-8-2-6-16(11-21)14-4-1-5-15(10-14)18(24)25/h1,4-5,10,12-13,16H,2-3,6-9,11H2,(H,24,25)/t16-/m1/s1. The van der Waals surface area contributed by atoms with Crippen LogP contribution in [-0.2, 0) is 11.3 Å². The monoisotopic (exact) mass is 342 g/mol. The van der Waals surface area contributed by atoms with Crippen LogP contribution in [0.4, 0.5) is 0 Å². The average Bonchev–Trinajstić information content (AvgIpc) is 3.15. The van der Waals surface area contributed by atoms with Crippen LogP contribution in [0.25, 0.3) is 0 Å². The molecule has 0 saturated carbocycles. The van der Waals surface area contributed by atoms with Crippen LogP contribution >= 0.6 is 0 Å². The highest BCUT2D eigenvalue weighted by atomic mass is 16.4. The second-order valence-electron chi connectivity index (χ2n) is 6.37. The van der Waals surface area contributed by atoms with Gasteiger partial charge in [0.15, 0.2) is 0 Å². The summed E-state index contributed by atoms with van der Waals surface area (Å²) in [5.74, 6) is -0.565. The molecule has 1 aliphatic heterocycles. The molecule has 1 aromatic heterocycles. The van der Waals surface area contributed by atoms with Gasteiger partial charge in [0.25, 0.3) is 0 Å². The highest BCUT2D eigenvalue weighted by molar-refractivity contribution is 5.87. The van der Waals surface area contributed by atoms with Gasteiger partial charge < -0.3 is 10.0 Å². The number of hydrogen-bond donors (Lipinski definition) is 1. The average molecular weight is 342 g/mol. The number of likely N-dealkylation sites (tertiary alicyclic amines) is 1. The molecule has 1 aromatic carbocycles. The molecule has 1 amide bonds. The Balaban J connectivity index is 1.56. The number of hydrogen-bond acceptors (Lipinski definition) is 4. The molecule has 25 heavy (non-hydrogen) atoms. The predicted molar refractivity (Wildman–Crippen MR) is 91.2 cm³/mol. The van der Waals surface area contributed by atoms with Crippen LogP contribution in [0, 0.1) is 0 Å². The quantitative estimate of drug-likeness (QED) is 0.869. The van der Waals surface area contributed by atoms with Crippen LogP contribution in [0.1, 0.15) is 47.5 Å². The van der Waals surface area contributed by atoms with Gasteiger partial charge in [-0.3, -0.25) is 9.48 Å². The Bertz CT molecular complexity index is 730. The Hall–Kier alpha value is -2.70. The van der Waals surface area contributed by atoms with E-state index in [1.54, 1.807) is 29.2 Å². The molecular formula is C18H22N4O3. The molecule has 0 bridgehead atoms. The number of carboxylic acid groups (broad SMARTS) is 1. The molecule has 0 spiro atoms. The topological polar surface area (TPSA) is 88.3 Å². The molecule has 1 atom stereocenters. The van der Waals surface area contributed by atoms with Gasteiger partial charge in [-0.25, -0.2) is 9.78 Å². The zero-order valence-corrected chi connectivity index (χ0v) is 14.0. The van der Waals surface area contributed by atoms with Crippen molar-refractivity contribution in [1.29, 1.82) is 0 Å². The lowest BCUT2D eigenvalue weighted by atomic mass is 9.89. The summed E-state index contributed by atoms with van der Waals surface area (Å²) in [4.78, 5) is 29.4. The molecule has 1 saturated heterocycles. The lowest BCUT2D eigenvalue weighted by molar-refractivity contribution is -0.132. The van der Waals surface area contributed by atoms with E-state index >= 15 is 0 Å². The molecule has 1 N–H and O–H groups in total. The maximum atomic E-state index is 12.5. The predicted octanol–water partition coefficient (Wildman–Crippen LogP) is 2.16. The van der Waals surface area contributed by atoms with Gasteiger partial charge in [-0.15, -0.1) is 0 Å². The molecule has 7 nitrogen and oxygen atoms in total. The van der Waals surface area contributed by atoms with E-state index < -0.39 is 5.97 Å². The van der Waals surface area contributed by atoms with Gasteiger partial charge in [-0.05, 0) is 37.0 Å². The lowest BCUT2D eigenvalue weighted by Gasteiger charge is -2.33. The lowest BCUT2D eigenvalue weighted by Crippen LogP contribution is -2.39. The number of carboxylic acids is 1. The summed E-state index contributed by atoms with van der Waals surface area (Å²) in [6.45, 7) is 2.12. The number of rotatable bonds is 6. The fourth-order valence-corrected chi connectivity index (χ4v) is 3.30. The molecular weight excluding hydrogens is 320 g/mol. The second-order valence-corrected chi connectivity index (χ2v) is 6.37. The molecule has 0 unspecified atom stereocenters. The summed E-state index contributed by atoms with van der Waals surface area (Å²) in [6.07, 6.45) is 6.28. The molecule has 2 heterocycles. The van der Waals surface area contributed by atoms with E-state index in [1.807, 2.05) is 11.0 Å². The molecule has 1 aliphatic rings. The molecule has 0 radical (unpaired) electrons. The van der Waals surface area contributed by atoms with Gasteiger partial charge >= 0.3 is 5.97 Å². The third-order valence-electron chi connectivity index (χ3n) is 4.62. The first-order valence-corrected chi connectivity index (χ1v) is 8.57. The minimum absolute atomic E-state index is 0.152. The van der Waals surface area contributed by atoms with Gasteiger partial charge in [-0.1, -0.05) is 12.1 Å². The highest BCUT2D eigenvalue weighted by Crippen LogP contribution is 2.28. The summed E-state index contributed by atoms with van der Waals surface area (Å²) in [6, 6.07) is 7.06. The number of carbonyl (C=O) groups is 2. The molecule has 3 rings (SSSR count). The Morgan fingerprint density at radius 3 is 2.96 bits per heavy atom. The van der Waals surface area contributed by atoms with Crippen molar-refractivity contribution in [3.63, 3.8) is 0 Å². The Morgan fingerprint density at radius 2 is 2.20 bits per heavy atom. The van der Waals surface area contributed by atoms with Crippen LogP contribution in [0.5, 0.6) is 0 Å². The van der Waals surface area contributed by atoms with Gasteiger partial charge in [0.2, 0.25) is 5.91 Å². The maximum Gasteiger partial charge on any atom is 0.335 e. The van der Waals surface area contributed by atoms with Crippen molar-refractivity contribution >= 4 is 11.9 Å². The van der Waals surface area contributed by atoms with E-state index in [9.17, 15) is 9.59 Å². The summed E-state index contributed by atoms with van der Waals surface area (Å²) >= 11 is 0. The first-order valence-electron chi connectivity index (χ1n) is 8.57. The molecule has 1 fully saturated rings.